The largest absolute Gasteiger partial charge is 0.472 e. The molecule has 0 rings (SSSR count). The van der Waals surface area contributed by atoms with Crippen LogP contribution in [0.2, 0.25) is 0 Å². The number of carbonyl (C=O) groups is 1. The summed E-state index contributed by atoms with van der Waals surface area (Å²) < 4.78 is 35.0. The van der Waals surface area contributed by atoms with E-state index in [1.807, 2.05) is 21.1 Å². The van der Waals surface area contributed by atoms with Crippen LogP contribution < -0.4 is 0 Å². The number of phosphoric acid groups is 1. The normalized spacial score (nSPS) is 14.2. The first-order valence-corrected chi connectivity index (χ1v) is 24.4. The molecule has 0 aromatic carbocycles. The molecule has 0 fully saturated rings. The number of likely N-dealkylation sites (N-methyl/N-ethyl adjacent to an activating group) is 1. The lowest BCUT2D eigenvalue weighted by Crippen LogP contribution is -2.37. The minimum Gasteiger partial charge on any atom is -0.457 e. The van der Waals surface area contributed by atoms with Crippen LogP contribution in [0.1, 0.15) is 187 Å². The highest BCUT2D eigenvalue weighted by Gasteiger charge is 2.26. The first-order chi connectivity index (χ1) is 27.1. The van der Waals surface area contributed by atoms with Gasteiger partial charge in [0.2, 0.25) is 0 Å². The Morgan fingerprint density at radius 2 is 1.04 bits per heavy atom. The molecular formula is C47H89NO7P+. The standard InChI is InChI=1S/C47H88NO7P/c1-6-8-10-12-14-16-18-20-22-23-24-25-26-28-30-32-34-36-38-40-47(49)55-46(45-54-56(50,51)53-43-41-48(3,4)5)44-52-42-39-37-35-33-31-29-27-21-19-17-15-13-11-9-7-2/h8,10,14,16,20,22,24-25,46H,6-7,9,11-13,15,17-19,21,23,26-45H2,1-5H3/p+1/b10-8-,16-14-,22-20-,25-24-. The maximum atomic E-state index is 12.7. The lowest BCUT2D eigenvalue weighted by molar-refractivity contribution is -0.870. The zero-order chi connectivity index (χ0) is 41.3. The predicted molar refractivity (Wildman–Crippen MR) is 238 cm³/mol. The van der Waals surface area contributed by atoms with Crippen molar-refractivity contribution in [2.24, 2.45) is 0 Å². The number of hydrogen-bond acceptors (Lipinski definition) is 6. The second-order valence-electron chi connectivity index (χ2n) is 16.4. The van der Waals surface area contributed by atoms with Crippen molar-refractivity contribution in [3.05, 3.63) is 48.6 Å². The second kappa shape index (κ2) is 40.2. The van der Waals surface area contributed by atoms with Crippen LogP contribution in [-0.4, -0.2) is 75.6 Å². The smallest absolute Gasteiger partial charge is 0.457 e. The van der Waals surface area contributed by atoms with E-state index in [-0.39, 0.29) is 25.8 Å². The van der Waals surface area contributed by atoms with Crippen LogP contribution >= 0.6 is 7.82 Å². The number of allylic oxidation sites excluding steroid dienone is 8. The molecule has 2 unspecified atom stereocenters. The maximum Gasteiger partial charge on any atom is 0.472 e. The molecule has 0 bridgehead atoms. The van der Waals surface area contributed by atoms with Crippen molar-refractivity contribution in [2.75, 3.05) is 54.1 Å². The van der Waals surface area contributed by atoms with Gasteiger partial charge in [0.1, 0.15) is 19.3 Å². The van der Waals surface area contributed by atoms with Crippen molar-refractivity contribution in [1.82, 2.24) is 0 Å². The van der Waals surface area contributed by atoms with E-state index in [4.69, 9.17) is 18.5 Å². The van der Waals surface area contributed by atoms with Gasteiger partial charge in [-0.2, -0.15) is 0 Å². The molecule has 0 aliphatic carbocycles. The van der Waals surface area contributed by atoms with E-state index >= 15 is 0 Å². The Balaban J connectivity index is 4.24. The van der Waals surface area contributed by atoms with Crippen molar-refractivity contribution >= 4 is 13.8 Å². The molecule has 2 atom stereocenters. The molecule has 0 radical (unpaired) electrons. The summed E-state index contributed by atoms with van der Waals surface area (Å²) in [5, 5.41) is 0. The molecule has 0 aliphatic heterocycles. The van der Waals surface area contributed by atoms with Gasteiger partial charge >= 0.3 is 13.8 Å². The van der Waals surface area contributed by atoms with Crippen LogP contribution in [0.4, 0.5) is 0 Å². The third-order valence-electron chi connectivity index (χ3n) is 9.65. The van der Waals surface area contributed by atoms with Gasteiger partial charge in [-0.1, -0.05) is 178 Å². The number of esters is 1. The maximum absolute atomic E-state index is 12.7. The summed E-state index contributed by atoms with van der Waals surface area (Å²) in [5.41, 5.74) is 0. The van der Waals surface area contributed by atoms with E-state index in [1.165, 1.54) is 96.3 Å². The zero-order valence-electron chi connectivity index (χ0n) is 37.1. The van der Waals surface area contributed by atoms with Crippen molar-refractivity contribution in [3.63, 3.8) is 0 Å². The van der Waals surface area contributed by atoms with Crippen LogP contribution in [0.25, 0.3) is 0 Å². The molecule has 0 saturated heterocycles. The van der Waals surface area contributed by atoms with Gasteiger partial charge in [-0.05, 0) is 51.4 Å². The van der Waals surface area contributed by atoms with E-state index in [1.54, 1.807) is 0 Å². The van der Waals surface area contributed by atoms with Gasteiger partial charge in [-0.15, -0.1) is 0 Å². The highest BCUT2D eigenvalue weighted by atomic mass is 31.2. The summed E-state index contributed by atoms with van der Waals surface area (Å²) in [4.78, 5) is 22.9. The summed E-state index contributed by atoms with van der Waals surface area (Å²) in [6, 6.07) is 0. The van der Waals surface area contributed by atoms with Crippen molar-refractivity contribution in [1.29, 1.82) is 0 Å². The molecule has 1 N–H and O–H groups in total. The highest BCUT2D eigenvalue weighted by Crippen LogP contribution is 2.43. The fourth-order valence-electron chi connectivity index (χ4n) is 6.13. The number of unbranched alkanes of at least 4 members (excludes halogenated alkanes) is 20. The summed E-state index contributed by atoms with van der Waals surface area (Å²) in [6.45, 7) is 5.51. The molecule has 0 amide bonds. The molecule has 0 aliphatic rings. The predicted octanol–water partition coefficient (Wildman–Crippen LogP) is 13.6. The van der Waals surface area contributed by atoms with E-state index in [0.29, 0.717) is 24.1 Å². The lowest BCUT2D eigenvalue weighted by atomic mass is 10.0. The summed E-state index contributed by atoms with van der Waals surface area (Å²) in [6.07, 6.45) is 48.5. The van der Waals surface area contributed by atoms with Gasteiger partial charge in [0.15, 0.2) is 0 Å². The molecule has 328 valence electrons. The van der Waals surface area contributed by atoms with Crippen molar-refractivity contribution in [3.8, 4) is 0 Å². The third-order valence-corrected chi connectivity index (χ3v) is 10.6. The van der Waals surface area contributed by atoms with Crippen molar-refractivity contribution < 1.29 is 37.3 Å². The zero-order valence-corrected chi connectivity index (χ0v) is 38.0. The lowest BCUT2D eigenvalue weighted by Gasteiger charge is -2.24. The summed E-state index contributed by atoms with van der Waals surface area (Å²) in [5.74, 6) is -0.327. The Morgan fingerprint density at radius 3 is 1.55 bits per heavy atom. The minimum atomic E-state index is -4.28. The van der Waals surface area contributed by atoms with Crippen LogP contribution in [0.5, 0.6) is 0 Å². The van der Waals surface area contributed by atoms with Crippen LogP contribution in [0, 0.1) is 0 Å². The first-order valence-electron chi connectivity index (χ1n) is 22.9. The van der Waals surface area contributed by atoms with E-state index < -0.39 is 13.9 Å². The fourth-order valence-corrected chi connectivity index (χ4v) is 6.87. The third kappa shape index (κ3) is 43.6. The SMILES string of the molecule is CC/C=C\C/C=C\C/C=C\C/C=C\CCCCCCCCC(=O)OC(COCCCCCCCCCCCCCCCCC)COP(=O)(O)OCC[N+](C)(C)C. The van der Waals surface area contributed by atoms with Gasteiger partial charge in [-0.25, -0.2) is 4.57 Å². The Labute approximate surface area is 346 Å². The van der Waals surface area contributed by atoms with Gasteiger partial charge in [0, 0.05) is 13.0 Å². The number of nitrogens with zero attached hydrogens (tertiary/aromatic N) is 1. The fraction of sp³-hybridized carbons (Fsp3) is 0.809. The molecule has 56 heavy (non-hydrogen) atoms. The van der Waals surface area contributed by atoms with Crippen molar-refractivity contribution in [2.45, 2.75) is 193 Å². The van der Waals surface area contributed by atoms with Gasteiger partial charge < -0.3 is 18.9 Å². The van der Waals surface area contributed by atoms with Crippen LogP contribution in [-0.2, 0) is 27.9 Å². The monoisotopic (exact) mass is 811 g/mol. The molecular weight excluding hydrogens is 721 g/mol. The topological polar surface area (TPSA) is 91.3 Å². The van der Waals surface area contributed by atoms with Gasteiger partial charge in [0.25, 0.3) is 0 Å². The van der Waals surface area contributed by atoms with Crippen LogP contribution in [0.15, 0.2) is 48.6 Å². The van der Waals surface area contributed by atoms with Gasteiger partial charge in [0.05, 0.1) is 34.4 Å². The first kappa shape index (κ1) is 54.5. The molecule has 0 aromatic heterocycles. The summed E-state index contributed by atoms with van der Waals surface area (Å²) in [7, 11) is 1.66. The molecule has 8 nitrogen and oxygen atoms in total. The second-order valence-corrected chi connectivity index (χ2v) is 17.9. The molecule has 9 heteroatoms. The Kier molecular flexibility index (Phi) is 39.1. The van der Waals surface area contributed by atoms with E-state index in [2.05, 4.69) is 62.5 Å². The van der Waals surface area contributed by atoms with Gasteiger partial charge in [-0.3, -0.25) is 13.8 Å². The minimum absolute atomic E-state index is 0.0852. The molecule has 0 heterocycles. The Morgan fingerprint density at radius 1 is 0.571 bits per heavy atom. The number of rotatable bonds is 42. The number of phosphoric ester groups is 1. The average Bonchev–Trinajstić information content (AvgIpc) is 3.15. The number of carbonyl (C=O) groups excluding carboxylic acids is 1. The van der Waals surface area contributed by atoms with E-state index in [0.717, 1.165) is 70.6 Å². The highest BCUT2D eigenvalue weighted by molar-refractivity contribution is 7.47. The molecule has 0 saturated carbocycles. The summed E-state index contributed by atoms with van der Waals surface area (Å²) >= 11 is 0. The Hall–Kier alpha value is -1.54. The number of ether oxygens (including phenoxy) is 2. The molecule has 0 aromatic rings. The number of hydrogen-bond donors (Lipinski definition) is 1. The Bertz CT molecular complexity index is 1040. The number of quaternary nitrogens is 1. The molecule has 0 spiro atoms. The van der Waals surface area contributed by atoms with E-state index in [9.17, 15) is 14.3 Å². The quantitative estimate of drug-likeness (QED) is 0.0216. The van der Waals surface area contributed by atoms with Crippen LogP contribution in [0.3, 0.4) is 0 Å². The average molecular weight is 811 g/mol.